The molecule has 0 unspecified atom stereocenters. The molecule has 0 aromatic rings. The predicted molar refractivity (Wildman–Crippen MR) is 257 cm³/mol. The maximum atomic E-state index is 12.2. The van der Waals surface area contributed by atoms with E-state index in [0.717, 1.165) is 7.11 Å². The number of carboxylic acid groups (broad SMARTS) is 1. The number of aliphatic hydroxyl groups excluding tert-OH is 2. The molecule has 389 valence electrons. The molecule has 0 aliphatic carbocycles. The van der Waals surface area contributed by atoms with Crippen LogP contribution in [0.25, 0.3) is 0 Å². The molecule has 4 rings (SSSR count). The first kappa shape index (κ1) is 34.7. The molecule has 4 fully saturated rings. The Kier molecular flexibility index (Phi) is 20.3. The van der Waals surface area contributed by atoms with Crippen LogP contribution in [0.4, 0.5) is 19.2 Å². The van der Waals surface area contributed by atoms with Crippen LogP contribution in [0.2, 0.25) is 0 Å². The van der Waals surface area contributed by atoms with Crippen molar-refractivity contribution >= 4 is 44.5 Å². The Hall–Kier alpha value is -1.71. The normalized spacial score (nSPS) is 35.1. The molecule has 19 nitrogen and oxygen atoms in total. The number of aliphatic hydroxyl groups is 2. The Bertz CT molecular complexity index is 2760. The molecule has 4 amide bonds. The zero-order valence-electron chi connectivity index (χ0n) is 71.9. The van der Waals surface area contributed by atoms with Crippen molar-refractivity contribution in [2.45, 2.75) is 185 Å². The van der Waals surface area contributed by atoms with Gasteiger partial charge in [-0.05, 0) is 121 Å². The van der Waals surface area contributed by atoms with Gasteiger partial charge in [0.2, 0.25) is 0 Å². The van der Waals surface area contributed by atoms with Gasteiger partial charge >= 0.3 is 111 Å². The second kappa shape index (κ2) is 39.9. The predicted octanol–water partition coefficient (Wildman–Crippen LogP) is 1.92. The number of carboxylic acids is 1. The third-order valence-corrected chi connectivity index (χ3v) is 5.15. The molecule has 4 heterocycles. The number of carbonyl (C=O) groups is 6. The molecule has 0 atom stereocenters. The summed E-state index contributed by atoms with van der Waals surface area (Å²) in [6.07, 6.45) is -35.5. The number of nitrogens with zero attached hydrogens (tertiary/aromatic N) is 5. The first-order chi connectivity index (χ1) is 40.1. The summed E-state index contributed by atoms with van der Waals surface area (Å²) in [7, 11) is 1.00. The van der Waals surface area contributed by atoms with Crippen LogP contribution in [0.3, 0.4) is 0 Å². The van der Waals surface area contributed by atoms with Gasteiger partial charge in [-0.1, -0.05) is 22.3 Å². The molecule has 68 heavy (non-hydrogen) atoms. The molecule has 3 radical (unpaired) electrons. The number of nitriles is 1. The number of likely N-dealkylation sites (tertiary alicyclic amines) is 4. The van der Waals surface area contributed by atoms with Gasteiger partial charge in [-0.15, -0.1) is 0 Å². The molecule has 0 bridgehead atoms. The van der Waals surface area contributed by atoms with E-state index in [1.54, 1.807) is 0 Å². The van der Waals surface area contributed by atoms with Crippen molar-refractivity contribution < 1.29 is 195 Å². The number of hydrogen-bond acceptors (Lipinski definition) is 14. The zero-order valence-corrected chi connectivity index (χ0v) is 44.0. The van der Waals surface area contributed by atoms with Gasteiger partial charge in [-0.25, -0.2) is 19.2 Å². The summed E-state index contributed by atoms with van der Waals surface area (Å²) in [5.41, 5.74) is -4.59. The molecule has 22 heteroatoms. The van der Waals surface area contributed by atoms with Crippen LogP contribution in [0.15, 0.2) is 0 Å². The monoisotopic (exact) mass is 1040 g/mol. The Morgan fingerprint density at radius 3 is 1.06 bits per heavy atom. The largest absolute Gasteiger partial charge is 1.00 e. The van der Waals surface area contributed by atoms with Crippen molar-refractivity contribution in [1.29, 1.82) is 5.26 Å². The SMILES string of the molecule is C.C.C.CO.[2H]C1([2H])C(=O)C([2H])([2H])C([2H])([2H])N(C(=O)OC(C)(C)C)C1([2H])[2H].[2H]C1([2H])C(C#N)C([2H])([2H])C([2H])([2H])N(C(=O)OC(C)(C)C)C1([2H])[2H].[2H]C1([2H])C(C(=O)O)C([2H])([2H])C([2H])([2H])N(C(=O)OC(C)(C)C)C1([2H])[2H].[2H]C1([2H])C(O)C([2H])([2H])C([2H])([2H])N(C(=O)OC(C)(C)C)C1([2H])[2H].[B].[H-].[K+].[Na+].[OH-]. The molecular weight excluding hydrogens is 919 g/mol. The number of rotatable bonds is 1. The molecule has 4 saturated heterocycles. The summed E-state index contributed by atoms with van der Waals surface area (Å²) in [5.74, 6) is -8.91. The third-order valence-electron chi connectivity index (χ3n) is 5.15. The fourth-order valence-corrected chi connectivity index (χ4v) is 3.02. The van der Waals surface area contributed by atoms with Crippen molar-refractivity contribution in [1.82, 2.24) is 19.6 Å². The molecule has 0 spiro atoms. The van der Waals surface area contributed by atoms with Crippen molar-refractivity contribution in [2.24, 2.45) is 11.8 Å². The number of piperidine rings is 4. The molecule has 0 saturated carbocycles. The van der Waals surface area contributed by atoms with Gasteiger partial charge < -0.3 is 60.8 Å². The van der Waals surface area contributed by atoms with Gasteiger partial charge in [-0.3, -0.25) is 9.59 Å². The van der Waals surface area contributed by atoms with E-state index >= 15 is 0 Å². The van der Waals surface area contributed by atoms with Crippen molar-refractivity contribution in [2.75, 3.05) is 59.1 Å². The Labute approximate surface area is 523 Å². The third kappa shape index (κ3) is 39.9. The van der Waals surface area contributed by atoms with Gasteiger partial charge in [0.05, 0.1) is 18.1 Å². The number of carbonyl (C=O) groups excluding carboxylic acids is 5. The standard InChI is InChI=1S/C11H18N2O2.C11H19NO4.C10H19NO3.C10H17NO3.CH4O.3CH4.B.K.Na.H2O.H/c1-11(2,3)15-10(14)13-6-4-9(8-12)5-7-13;1-11(2,3)16-10(15)12-6-4-8(5-7-12)9(13)14;2*1-10(2,3)14-9(13)11-6-4-8(12)5-7-11;1-2;;;;;;;;/h9H,4-7H2,1-3H3;8H,4-7H2,1-3H3,(H,13,14);8,12H,4-7H2,1-3H3;4-7H2,1-3H3;2H,1H3;3*1H4;;;;1H2;/q;;;;;;;;;2*+1;;-1/p-1/i4*4D2,5D2,6D2,7D2;;;;;;;;;. The molecular formula is C46H91BKN5NaO14. The minimum absolute atomic E-state index is 0. The summed E-state index contributed by atoms with van der Waals surface area (Å²) in [6.45, 7) is -9.92. The topological polar surface area (TPSA) is 267 Å². The fourth-order valence-electron chi connectivity index (χ4n) is 3.02. The van der Waals surface area contributed by atoms with Gasteiger partial charge in [0.1, 0.15) is 28.2 Å². The minimum atomic E-state index is -3.48. The van der Waals surface area contributed by atoms with E-state index in [9.17, 15) is 33.9 Å². The van der Waals surface area contributed by atoms with Crippen LogP contribution in [0.5, 0.6) is 0 Å². The van der Waals surface area contributed by atoms with E-state index < -0.39 is 179 Å². The van der Waals surface area contributed by atoms with Gasteiger partial charge in [0.25, 0.3) is 0 Å². The molecule has 4 aliphatic heterocycles. The van der Waals surface area contributed by atoms with Crippen LogP contribution in [-0.2, 0) is 28.5 Å². The summed E-state index contributed by atoms with van der Waals surface area (Å²) < 4.78 is 266. The van der Waals surface area contributed by atoms with E-state index in [-0.39, 0.29) is 138 Å². The van der Waals surface area contributed by atoms with E-state index in [0.29, 0.717) is 0 Å². The summed E-state index contributed by atoms with van der Waals surface area (Å²) in [6, 6.07) is 1.29. The Balaban J connectivity index is -0.000000154. The average Bonchev–Trinajstić information content (AvgIpc) is 0.719. The maximum absolute atomic E-state index is 12.2. The number of hydrogen-bond donors (Lipinski definition) is 3. The quantitative estimate of drug-likeness (QED) is 0.250. The molecule has 0 aromatic carbocycles. The number of Topliss-reactive ketones (excluding diaryl/α,β-unsaturated/α-hetero) is 1. The van der Waals surface area contributed by atoms with Crippen LogP contribution in [0.1, 0.15) is 202 Å². The summed E-state index contributed by atoms with van der Waals surface area (Å²) in [4.78, 5) is 70.8. The zero-order chi connectivity index (χ0) is 76.0. The van der Waals surface area contributed by atoms with E-state index in [1.807, 2.05) is 0 Å². The van der Waals surface area contributed by atoms with Crippen molar-refractivity contribution in [3.63, 3.8) is 0 Å². The van der Waals surface area contributed by atoms with Crippen LogP contribution in [-0.4, -0.2) is 173 Å². The number of ketones is 1. The van der Waals surface area contributed by atoms with Crippen LogP contribution >= 0.6 is 0 Å². The second-order valence-corrected chi connectivity index (χ2v) is 15.3. The summed E-state index contributed by atoms with van der Waals surface area (Å²) >= 11 is 0. The number of amides is 4. The number of ether oxygens (including phenoxy) is 4. The number of aliphatic carboxylic acids is 1. The Morgan fingerprint density at radius 1 is 0.588 bits per heavy atom. The van der Waals surface area contributed by atoms with Gasteiger partial charge in [-0.2, -0.15) is 5.26 Å². The maximum Gasteiger partial charge on any atom is 1.00 e. The minimum Gasteiger partial charge on any atom is -1.00 e. The summed E-state index contributed by atoms with van der Waals surface area (Å²) in [5, 5.41) is 34.9. The Morgan fingerprint density at radius 2 is 0.824 bits per heavy atom. The molecule has 4 aliphatic rings. The average molecular weight is 1040 g/mol. The van der Waals surface area contributed by atoms with Gasteiger partial charge in [0, 0.05) is 130 Å². The van der Waals surface area contributed by atoms with E-state index in [2.05, 4.69) is 0 Å². The molecule has 0 aromatic heterocycles. The van der Waals surface area contributed by atoms with Crippen LogP contribution < -0.4 is 80.9 Å². The molecule has 4 N–H and O–H groups in total. The van der Waals surface area contributed by atoms with Crippen molar-refractivity contribution in [3.05, 3.63) is 0 Å². The first-order valence-electron chi connectivity index (χ1n) is 33.5. The first-order valence-corrected chi connectivity index (χ1v) is 17.5. The van der Waals surface area contributed by atoms with E-state index in [1.165, 1.54) is 89.2 Å². The fraction of sp³-hybridized carbons (Fsp3) is 0.848. The van der Waals surface area contributed by atoms with E-state index in [4.69, 9.17) is 78.3 Å². The second-order valence-electron chi connectivity index (χ2n) is 15.3. The van der Waals surface area contributed by atoms with Crippen LogP contribution in [0, 0.1) is 23.2 Å². The van der Waals surface area contributed by atoms with Crippen molar-refractivity contribution in [3.8, 4) is 6.07 Å². The van der Waals surface area contributed by atoms with Gasteiger partial charge in [0.15, 0.2) is 0 Å². The smallest absolute Gasteiger partial charge is 1.00 e.